The molecule has 12 heteroatoms. The van der Waals surface area contributed by atoms with Crippen molar-refractivity contribution in [3.05, 3.63) is 105 Å². The van der Waals surface area contributed by atoms with Crippen LogP contribution in [-0.2, 0) is 17.8 Å². The van der Waals surface area contributed by atoms with Crippen LogP contribution in [0, 0.1) is 11.6 Å². The third kappa shape index (κ3) is 6.67. The standard InChI is InChI=1S/C30H30F2N6O4/c1-42-11-10-36-6-8-37(9-7-36)29(40)23-14-22-12-20(3-5-27(22)34-16-23)15-35-28(39)24-17-33-19-38(30(24)41)18-21-2-4-25(31)26(32)13-21/h2-5,12-14,16-17,19H,6-11,15,18H2,1H3,(H,35,39). The number of nitrogens with one attached hydrogen (secondary N) is 1. The van der Waals surface area contributed by atoms with Gasteiger partial charge in [-0.25, -0.2) is 13.8 Å². The van der Waals surface area contributed by atoms with Crippen molar-refractivity contribution in [2.75, 3.05) is 46.4 Å². The molecule has 2 amide bonds. The lowest BCUT2D eigenvalue weighted by Gasteiger charge is -2.34. The molecule has 2 aromatic heterocycles. The van der Waals surface area contributed by atoms with Gasteiger partial charge < -0.3 is 15.0 Å². The molecule has 1 saturated heterocycles. The van der Waals surface area contributed by atoms with E-state index in [1.54, 1.807) is 31.5 Å². The van der Waals surface area contributed by atoms with Gasteiger partial charge in [-0.3, -0.25) is 28.8 Å². The number of aromatic nitrogens is 3. The average molecular weight is 577 g/mol. The molecule has 5 rings (SSSR count). The summed E-state index contributed by atoms with van der Waals surface area (Å²) in [4.78, 5) is 51.4. The van der Waals surface area contributed by atoms with Gasteiger partial charge in [0.1, 0.15) is 5.56 Å². The van der Waals surface area contributed by atoms with Crippen LogP contribution in [0.1, 0.15) is 31.8 Å². The van der Waals surface area contributed by atoms with Crippen LogP contribution in [0.3, 0.4) is 0 Å². The Morgan fingerprint density at radius 1 is 0.976 bits per heavy atom. The van der Waals surface area contributed by atoms with E-state index < -0.39 is 23.1 Å². The molecule has 1 fully saturated rings. The Bertz CT molecular complexity index is 1670. The number of rotatable bonds is 9. The molecule has 0 atom stereocenters. The summed E-state index contributed by atoms with van der Waals surface area (Å²) in [6.45, 7) is 4.36. The number of benzene rings is 2. The van der Waals surface area contributed by atoms with E-state index in [1.165, 1.54) is 18.6 Å². The van der Waals surface area contributed by atoms with Crippen LogP contribution in [0.4, 0.5) is 8.78 Å². The number of piperazine rings is 1. The first kappa shape index (κ1) is 29.0. The molecule has 0 bridgehead atoms. The maximum absolute atomic E-state index is 13.6. The number of nitrogens with zero attached hydrogens (tertiary/aromatic N) is 5. The highest BCUT2D eigenvalue weighted by Gasteiger charge is 2.22. The summed E-state index contributed by atoms with van der Waals surface area (Å²) in [6, 6.07) is 10.6. The van der Waals surface area contributed by atoms with Crippen LogP contribution in [-0.4, -0.2) is 82.6 Å². The first-order chi connectivity index (χ1) is 20.3. The zero-order valence-electron chi connectivity index (χ0n) is 23.1. The molecular weight excluding hydrogens is 546 g/mol. The summed E-state index contributed by atoms with van der Waals surface area (Å²) in [7, 11) is 1.67. The van der Waals surface area contributed by atoms with E-state index in [1.807, 2.05) is 11.0 Å². The number of ether oxygens (including phenoxy) is 1. The summed E-state index contributed by atoms with van der Waals surface area (Å²) in [5, 5.41) is 3.48. The number of hydrogen-bond donors (Lipinski definition) is 1. The van der Waals surface area contributed by atoms with Crippen LogP contribution in [0.15, 0.2) is 66.0 Å². The van der Waals surface area contributed by atoms with Gasteiger partial charge in [0.25, 0.3) is 17.4 Å². The van der Waals surface area contributed by atoms with Crippen molar-refractivity contribution in [1.29, 1.82) is 0 Å². The van der Waals surface area contributed by atoms with Gasteiger partial charge in [-0.15, -0.1) is 0 Å². The van der Waals surface area contributed by atoms with E-state index in [9.17, 15) is 23.2 Å². The quantitative estimate of drug-likeness (QED) is 0.326. The summed E-state index contributed by atoms with van der Waals surface area (Å²) in [5.41, 5.74) is 1.50. The molecular formula is C30H30F2N6O4. The summed E-state index contributed by atoms with van der Waals surface area (Å²) >= 11 is 0. The Balaban J connectivity index is 1.24. The molecule has 42 heavy (non-hydrogen) atoms. The number of fused-ring (bicyclic) bond motifs is 1. The Labute approximate surface area is 240 Å². The SMILES string of the molecule is COCCN1CCN(C(=O)c2cnc3ccc(CNC(=O)c4cncn(Cc5ccc(F)c(F)c5)c4=O)cc3c2)CC1. The second-order valence-corrected chi connectivity index (χ2v) is 10.0. The Hall–Kier alpha value is -4.55. The first-order valence-electron chi connectivity index (χ1n) is 13.5. The van der Waals surface area contributed by atoms with Gasteiger partial charge in [-0.1, -0.05) is 12.1 Å². The highest BCUT2D eigenvalue weighted by atomic mass is 19.2. The predicted octanol–water partition coefficient (Wildman–Crippen LogP) is 2.45. The van der Waals surface area contributed by atoms with E-state index in [0.717, 1.165) is 47.3 Å². The van der Waals surface area contributed by atoms with E-state index in [0.29, 0.717) is 36.3 Å². The molecule has 0 spiro atoms. The fraction of sp³-hybridized carbons (Fsp3) is 0.300. The van der Waals surface area contributed by atoms with E-state index in [4.69, 9.17) is 4.74 Å². The van der Waals surface area contributed by atoms with Crippen LogP contribution in [0.25, 0.3) is 10.9 Å². The minimum Gasteiger partial charge on any atom is -0.383 e. The van der Waals surface area contributed by atoms with Gasteiger partial charge in [0.2, 0.25) is 0 Å². The molecule has 3 heterocycles. The van der Waals surface area contributed by atoms with Crippen molar-refractivity contribution >= 4 is 22.7 Å². The largest absolute Gasteiger partial charge is 0.383 e. The maximum atomic E-state index is 13.6. The van der Waals surface area contributed by atoms with Crippen molar-refractivity contribution in [3.8, 4) is 0 Å². The van der Waals surface area contributed by atoms with E-state index in [-0.39, 0.29) is 24.6 Å². The highest BCUT2D eigenvalue weighted by molar-refractivity contribution is 5.97. The minimum atomic E-state index is -1.03. The lowest BCUT2D eigenvalue weighted by Crippen LogP contribution is -2.49. The Morgan fingerprint density at radius 3 is 2.52 bits per heavy atom. The topological polar surface area (TPSA) is 110 Å². The van der Waals surface area contributed by atoms with Crippen molar-refractivity contribution in [1.82, 2.24) is 29.7 Å². The van der Waals surface area contributed by atoms with Gasteiger partial charge >= 0.3 is 0 Å². The molecule has 0 radical (unpaired) electrons. The van der Waals surface area contributed by atoms with Crippen LogP contribution >= 0.6 is 0 Å². The van der Waals surface area contributed by atoms with Gasteiger partial charge in [-0.2, -0.15) is 0 Å². The third-order valence-electron chi connectivity index (χ3n) is 7.20. The van der Waals surface area contributed by atoms with Crippen molar-refractivity contribution in [3.63, 3.8) is 0 Å². The average Bonchev–Trinajstić information content (AvgIpc) is 3.01. The van der Waals surface area contributed by atoms with Crippen molar-refractivity contribution in [2.45, 2.75) is 13.1 Å². The number of methoxy groups -OCH3 is 1. The maximum Gasteiger partial charge on any atom is 0.266 e. The fourth-order valence-corrected chi connectivity index (χ4v) is 4.82. The summed E-state index contributed by atoms with van der Waals surface area (Å²) in [5.74, 6) is -2.72. The van der Waals surface area contributed by atoms with Gasteiger partial charge in [0.15, 0.2) is 11.6 Å². The Morgan fingerprint density at radius 2 is 1.76 bits per heavy atom. The van der Waals surface area contributed by atoms with Gasteiger partial charge in [0.05, 0.1) is 30.6 Å². The number of amides is 2. The Kier molecular flexibility index (Phi) is 8.94. The van der Waals surface area contributed by atoms with Crippen LogP contribution in [0.5, 0.6) is 0 Å². The molecule has 2 aromatic carbocycles. The molecule has 1 aliphatic rings. The number of halogens is 2. The lowest BCUT2D eigenvalue weighted by molar-refractivity contribution is 0.0594. The first-order valence-corrected chi connectivity index (χ1v) is 13.5. The van der Waals surface area contributed by atoms with Crippen molar-refractivity contribution < 1.29 is 23.1 Å². The molecule has 10 nitrogen and oxygen atoms in total. The molecule has 4 aromatic rings. The van der Waals surface area contributed by atoms with Crippen molar-refractivity contribution in [2.24, 2.45) is 0 Å². The second-order valence-electron chi connectivity index (χ2n) is 10.0. The second kappa shape index (κ2) is 13.0. The van der Waals surface area contributed by atoms with Crippen LogP contribution < -0.4 is 10.9 Å². The smallest absolute Gasteiger partial charge is 0.266 e. The van der Waals surface area contributed by atoms with Crippen LogP contribution in [0.2, 0.25) is 0 Å². The molecule has 0 saturated carbocycles. The normalized spacial score (nSPS) is 13.8. The molecule has 0 unspecified atom stereocenters. The lowest BCUT2D eigenvalue weighted by atomic mass is 10.1. The monoisotopic (exact) mass is 576 g/mol. The fourth-order valence-electron chi connectivity index (χ4n) is 4.82. The zero-order chi connectivity index (χ0) is 29.6. The molecule has 0 aliphatic carbocycles. The number of carbonyl (C=O) groups excluding carboxylic acids is 2. The number of pyridine rings is 1. The summed E-state index contributed by atoms with van der Waals surface area (Å²) < 4.78 is 33.1. The predicted molar refractivity (Wildman–Crippen MR) is 151 cm³/mol. The number of hydrogen-bond acceptors (Lipinski definition) is 7. The van der Waals surface area contributed by atoms with E-state index >= 15 is 0 Å². The third-order valence-corrected chi connectivity index (χ3v) is 7.20. The molecule has 218 valence electrons. The number of carbonyl (C=O) groups is 2. The molecule has 1 N–H and O–H groups in total. The van der Waals surface area contributed by atoms with E-state index in [2.05, 4.69) is 20.2 Å². The summed E-state index contributed by atoms with van der Waals surface area (Å²) in [6.07, 6.45) is 3.98. The molecule has 1 aliphatic heterocycles. The zero-order valence-corrected chi connectivity index (χ0v) is 23.1. The minimum absolute atomic E-state index is 0.0770. The van der Waals surface area contributed by atoms with Gasteiger partial charge in [0, 0.05) is 64.2 Å². The van der Waals surface area contributed by atoms with Gasteiger partial charge in [-0.05, 0) is 41.5 Å². The highest BCUT2D eigenvalue weighted by Crippen LogP contribution is 2.18.